The van der Waals surface area contributed by atoms with Gasteiger partial charge in [-0.1, -0.05) is 0 Å². The highest BCUT2D eigenvalue weighted by atomic mass is 35.5. The number of carbonyl (C=O) groups is 1. The summed E-state index contributed by atoms with van der Waals surface area (Å²) in [7, 11) is 0. The van der Waals surface area contributed by atoms with Crippen molar-refractivity contribution in [3.63, 3.8) is 0 Å². The second-order valence-corrected chi connectivity index (χ2v) is 5.39. The lowest BCUT2D eigenvalue weighted by Crippen LogP contribution is -2.50. The molecule has 1 aliphatic heterocycles. The third-order valence-electron chi connectivity index (χ3n) is 2.61. The monoisotopic (exact) mass is 266 g/mol. The van der Waals surface area contributed by atoms with Gasteiger partial charge in [-0.2, -0.15) is 0 Å². The van der Waals surface area contributed by atoms with Crippen LogP contribution in [0, 0.1) is 0 Å². The van der Waals surface area contributed by atoms with Gasteiger partial charge >= 0.3 is 5.97 Å². The Morgan fingerprint density at radius 1 is 1.71 bits per heavy atom. The molecule has 1 N–H and O–H groups in total. The molecule has 100 valence electrons. The molecule has 0 aromatic carbocycles. The van der Waals surface area contributed by atoms with Crippen LogP contribution in [-0.2, 0) is 19.0 Å². The van der Waals surface area contributed by atoms with Crippen molar-refractivity contribution in [2.75, 3.05) is 13.2 Å². The average molecular weight is 267 g/mol. The van der Waals surface area contributed by atoms with Crippen LogP contribution in [-0.4, -0.2) is 47.2 Å². The fourth-order valence-electron chi connectivity index (χ4n) is 1.61. The van der Waals surface area contributed by atoms with E-state index in [1.165, 1.54) is 6.92 Å². The van der Waals surface area contributed by atoms with Crippen molar-refractivity contribution in [1.29, 1.82) is 0 Å². The highest BCUT2D eigenvalue weighted by Crippen LogP contribution is 2.31. The van der Waals surface area contributed by atoms with Crippen molar-refractivity contribution in [2.45, 2.75) is 50.6 Å². The Morgan fingerprint density at radius 2 is 2.29 bits per heavy atom. The van der Waals surface area contributed by atoms with E-state index >= 15 is 0 Å². The molecule has 0 spiro atoms. The highest BCUT2D eigenvalue weighted by Gasteiger charge is 2.48. The van der Waals surface area contributed by atoms with Gasteiger partial charge in [0.25, 0.3) is 0 Å². The molecule has 0 aromatic heterocycles. The molecule has 1 heterocycles. The van der Waals surface area contributed by atoms with E-state index in [0.717, 1.165) is 0 Å². The zero-order valence-corrected chi connectivity index (χ0v) is 11.3. The molecule has 1 saturated heterocycles. The number of hydrogen-bond donors (Lipinski definition) is 1. The summed E-state index contributed by atoms with van der Waals surface area (Å²) in [6.07, 6.45) is -1.83. The third kappa shape index (κ3) is 3.31. The molecule has 1 aliphatic rings. The SMILES string of the molecule is CCOC(=O)[C@](C)(Cl)[C@H](O)[C@H]1COC(C)(C)O1. The first-order valence-electron chi connectivity index (χ1n) is 5.56. The number of carbonyl (C=O) groups excluding carboxylic acids is 1. The summed E-state index contributed by atoms with van der Waals surface area (Å²) in [5.41, 5.74) is 0. The smallest absolute Gasteiger partial charge is 0.329 e. The lowest BCUT2D eigenvalue weighted by atomic mass is 9.99. The summed E-state index contributed by atoms with van der Waals surface area (Å²) in [5.74, 6) is -1.43. The molecule has 17 heavy (non-hydrogen) atoms. The first-order chi connectivity index (χ1) is 7.70. The number of aliphatic hydroxyl groups is 1. The maximum absolute atomic E-state index is 11.6. The van der Waals surface area contributed by atoms with Crippen LogP contribution in [0.2, 0.25) is 0 Å². The summed E-state index contributed by atoms with van der Waals surface area (Å²) in [4.78, 5) is 10.1. The molecule has 1 fully saturated rings. The topological polar surface area (TPSA) is 65.0 Å². The van der Waals surface area contributed by atoms with E-state index in [-0.39, 0.29) is 13.2 Å². The standard InChI is InChI=1S/C11H19ClO5/c1-5-15-9(14)11(4,12)8(13)7-6-16-10(2,3)17-7/h7-8,13H,5-6H2,1-4H3/t7-,8-,11-/m1/s1. The van der Waals surface area contributed by atoms with E-state index < -0.39 is 28.8 Å². The summed E-state index contributed by atoms with van der Waals surface area (Å²) < 4.78 is 15.6. The Morgan fingerprint density at radius 3 is 2.71 bits per heavy atom. The van der Waals surface area contributed by atoms with E-state index in [9.17, 15) is 9.90 Å². The average Bonchev–Trinajstić information content (AvgIpc) is 2.58. The van der Waals surface area contributed by atoms with Crippen LogP contribution in [0.5, 0.6) is 0 Å². The molecule has 5 nitrogen and oxygen atoms in total. The molecule has 1 rings (SSSR count). The molecule has 0 aliphatic carbocycles. The summed E-state index contributed by atoms with van der Waals surface area (Å²) in [6.45, 7) is 6.95. The Labute approximate surface area is 106 Å². The van der Waals surface area contributed by atoms with Crippen LogP contribution >= 0.6 is 11.6 Å². The Bertz CT molecular complexity index is 290. The van der Waals surface area contributed by atoms with Gasteiger partial charge in [0.2, 0.25) is 0 Å². The summed E-state index contributed by atoms with van der Waals surface area (Å²) in [6, 6.07) is 0. The van der Waals surface area contributed by atoms with Crippen molar-refractivity contribution >= 4 is 17.6 Å². The van der Waals surface area contributed by atoms with Gasteiger partial charge in [0, 0.05) is 0 Å². The molecular weight excluding hydrogens is 248 g/mol. The van der Waals surface area contributed by atoms with Gasteiger partial charge in [-0.05, 0) is 27.7 Å². The predicted octanol–water partition coefficient (Wildman–Crippen LogP) is 1.06. The number of ether oxygens (including phenoxy) is 3. The Balaban J connectivity index is 2.69. The van der Waals surface area contributed by atoms with Gasteiger partial charge in [-0.25, -0.2) is 0 Å². The molecule has 3 atom stereocenters. The first-order valence-corrected chi connectivity index (χ1v) is 5.94. The molecular formula is C11H19ClO5. The normalized spacial score (nSPS) is 28.5. The molecule has 6 heteroatoms. The van der Waals surface area contributed by atoms with Crippen LogP contribution in [0.1, 0.15) is 27.7 Å². The van der Waals surface area contributed by atoms with Crippen molar-refractivity contribution in [3.05, 3.63) is 0 Å². The van der Waals surface area contributed by atoms with Crippen molar-refractivity contribution < 1.29 is 24.1 Å². The number of alkyl halides is 1. The lowest BCUT2D eigenvalue weighted by Gasteiger charge is -2.29. The van der Waals surface area contributed by atoms with E-state index in [2.05, 4.69) is 0 Å². The third-order valence-corrected chi connectivity index (χ3v) is 2.99. The van der Waals surface area contributed by atoms with Crippen LogP contribution < -0.4 is 0 Å². The van der Waals surface area contributed by atoms with Gasteiger partial charge < -0.3 is 19.3 Å². The van der Waals surface area contributed by atoms with Gasteiger partial charge in [-0.3, -0.25) is 4.79 Å². The minimum atomic E-state index is -1.54. The second kappa shape index (κ2) is 5.10. The van der Waals surface area contributed by atoms with Crippen molar-refractivity contribution in [3.8, 4) is 0 Å². The minimum absolute atomic E-state index is 0.190. The largest absolute Gasteiger partial charge is 0.465 e. The number of aliphatic hydroxyl groups excluding tert-OH is 1. The maximum Gasteiger partial charge on any atom is 0.329 e. The van der Waals surface area contributed by atoms with Gasteiger partial charge in [0.15, 0.2) is 10.7 Å². The van der Waals surface area contributed by atoms with E-state index in [1.807, 2.05) is 0 Å². The lowest BCUT2D eigenvalue weighted by molar-refractivity contribution is -0.164. The van der Waals surface area contributed by atoms with Gasteiger partial charge in [-0.15, -0.1) is 11.6 Å². The van der Waals surface area contributed by atoms with Gasteiger partial charge in [0.1, 0.15) is 12.2 Å². The molecule has 0 radical (unpaired) electrons. The van der Waals surface area contributed by atoms with Crippen LogP contribution in [0.4, 0.5) is 0 Å². The van der Waals surface area contributed by atoms with E-state index in [4.69, 9.17) is 25.8 Å². The maximum atomic E-state index is 11.6. The number of rotatable bonds is 4. The van der Waals surface area contributed by atoms with Gasteiger partial charge in [0.05, 0.1) is 13.2 Å². The zero-order valence-electron chi connectivity index (χ0n) is 10.5. The molecule has 0 saturated carbocycles. The highest BCUT2D eigenvalue weighted by molar-refractivity contribution is 6.34. The summed E-state index contributed by atoms with van der Waals surface area (Å²) >= 11 is 6.03. The van der Waals surface area contributed by atoms with Crippen LogP contribution in [0.15, 0.2) is 0 Å². The number of esters is 1. The molecule has 0 bridgehead atoms. The van der Waals surface area contributed by atoms with Crippen LogP contribution in [0.3, 0.4) is 0 Å². The summed E-state index contributed by atoms with van der Waals surface area (Å²) in [5, 5.41) is 10.1. The van der Waals surface area contributed by atoms with E-state index in [0.29, 0.717) is 0 Å². The number of hydrogen-bond acceptors (Lipinski definition) is 5. The molecule has 0 amide bonds. The quantitative estimate of drug-likeness (QED) is 0.609. The van der Waals surface area contributed by atoms with Crippen molar-refractivity contribution in [2.24, 2.45) is 0 Å². The number of halogens is 1. The van der Waals surface area contributed by atoms with Crippen molar-refractivity contribution in [1.82, 2.24) is 0 Å². The second-order valence-electron chi connectivity index (χ2n) is 4.61. The zero-order chi connectivity index (χ0) is 13.3. The van der Waals surface area contributed by atoms with Crippen LogP contribution in [0.25, 0.3) is 0 Å². The van der Waals surface area contributed by atoms with E-state index in [1.54, 1.807) is 20.8 Å². The Hall–Kier alpha value is -0.360. The fraction of sp³-hybridized carbons (Fsp3) is 0.909. The fourth-order valence-corrected chi connectivity index (χ4v) is 1.81. The molecule has 0 unspecified atom stereocenters. The Kier molecular flexibility index (Phi) is 4.41. The minimum Gasteiger partial charge on any atom is -0.465 e. The predicted molar refractivity (Wildman–Crippen MR) is 61.8 cm³/mol. The molecule has 0 aromatic rings. The first kappa shape index (κ1) is 14.7.